The zero-order valence-electron chi connectivity index (χ0n) is 13.4. The van der Waals surface area contributed by atoms with Crippen LogP contribution in [0.1, 0.15) is 10.4 Å². The Morgan fingerprint density at radius 3 is 2.42 bits per heavy atom. The molecule has 0 bridgehead atoms. The standard InChI is InChI=1S/C18H17N3O3/c1-23-15-8-7-14(11-16(15)24-2)21-18(22)13-5-3-12(4-6-13)17-19-9-10-20-17/h3-11H,1-2H3,(H,19,20)(H,21,22). The number of nitrogens with zero attached hydrogens (tertiary/aromatic N) is 1. The van der Waals surface area contributed by atoms with Gasteiger partial charge in [0.1, 0.15) is 5.82 Å². The summed E-state index contributed by atoms with van der Waals surface area (Å²) in [6.45, 7) is 0. The number of imidazole rings is 1. The van der Waals surface area contributed by atoms with Crippen molar-refractivity contribution in [3.8, 4) is 22.9 Å². The van der Waals surface area contributed by atoms with Gasteiger partial charge in [0, 0.05) is 35.3 Å². The molecule has 0 radical (unpaired) electrons. The van der Waals surface area contributed by atoms with Crippen LogP contribution in [0.3, 0.4) is 0 Å². The zero-order chi connectivity index (χ0) is 16.9. The average Bonchev–Trinajstić information content (AvgIpc) is 3.16. The normalized spacial score (nSPS) is 10.2. The second-order valence-electron chi connectivity index (χ2n) is 5.04. The van der Waals surface area contributed by atoms with Crippen LogP contribution in [0.2, 0.25) is 0 Å². The van der Waals surface area contributed by atoms with E-state index < -0.39 is 0 Å². The van der Waals surface area contributed by atoms with Crippen molar-refractivity contribution in [2.75, 3.05) is 19.5 Å². The van der Waals surface area contributed by atoms with Gasteiger partial charge in [0.15, 0.2) is 11.5 Å². The Kier molecular flexibility index (Phi) is 4.47. The number of hydrogen-bond acceptors (Lipinski definition) is 4. The van der Waals surface area contributed by atoms with Gasteiger partial charge in [-0.05, 0) is 24.3 Å². The number of carbonyl (C=O) groups is 1. The first kappa shape index (κ1) is 15.6. The number of H-pyrrole nitrogens is 1. The third kappa shape index (κ3) is 3.22. The minimum Gasteiger partial charge on any atom is -0.493 e. The Morgan fingerprint density at radius 2 is 1.79 bits per heavy atom. The summed E-state index contributed by atoms with van der Waals surface area (Å²) in [5.74, 6) is 1.73. The van der Waals surface area contributed by atoms with E-state index in [0.29, 0.717) is 22.7 Å². The SMILES string of the molecule is COc1ccc(NC(=O)c2ccc(-c3ncc[nH]3)cc2)cc1OC. The molecule has 0 spiro atoms. The molecule has 0 unspecified atom stereocenters. The van der Waals surface area contributed by atoms with E-state index in [2.05, 4.69) is 15.3 Å². The molecule has 0 aliphatic heterocycles. The highest BCUT2D eigenvalue weighted by atomic mass is 16.5. The van der Waals surface area contributed by atoms with Gasteiger partial charge in [0.25, 0.3) is 5.91 Å². The van der Waals surface area contributed by atoms with Gasteiger partial charge >= 0.3 is 0 Å². The molecule has 3 rings (SSSR count). The van der Waals surface area contributed by atoms with Crippen molar-refractivity contribution in [2.24, 2.45) is 0 Å². The quantitative estimate of drug-likeness (QED) is 0.755. The number of aromatic amines is 1. The van der Waals surface area contributed by atoms with E-state index in [-0.39, 0.29) is 5.91 Å². The highest BCUT2D eigenvalue weighted by molar-refractivity contribution is 6.04. The first-order valence-electron chi connectivity index (χ1n) is 7.34. The second kappa shape index (κ2) is 6.87. The van der Waals surface area contributed by atoms with Crippen LogP contribution >= 0.6 is 0 Å². The molecule has 6 heteroatoms. The molecule has 0 saturated heterocycles. The lowest BCUT2D eigenvalue weighted by molar-refractivity contribution is 0.102. The first-order valence-corrected chi connectivity index (χ1v) is 7.34. The first-order chi connectivity index (χ1) is 11.7. The van der Waals surface area contributed by atoms with Crippen LogP contribution in [0, 0.1) is 0 Å². The highest BCUT2D eigenvalue weighted by Gasteiger charge is 2.10. The van der Waals surface area contributed by atoms with E-state index >= 15 is 0 Å². The molecule has 2 N–H and O–H groups in total. The van der Waals surface area contributed by atoms with E-state index in [1.165, 1.54) is 0 Å². The third-order valence-electron chi connectivity index (χ3n) is 3.56. The summed E-state index contributed by atoms with van der Waals surface area (Å²) < 4.78 is 10.4. The fourth-order valence-corrected chi connectivity index (χ4v) is 2.32. The van der Waals surface area contributed by atoms with Crippen molar-refractivity contribution in [2.45, 2.75) is 0 Å². The van der Waals surface area contributed by atoms with Crippen LogP contribution in [-0.4, -0.2) is 30.1 Å². The minimum absolute atomic E-state index is 0.201. The fourth-order valence-electron chi connectivity index (χ4n) is 2.32. The topological polar surface area (TPSA) is 76.2 Å². The molecule has 0 aliphatic rings. The zero-order valence-corrected chi connectivity index (χ0v) is 13.4. The molecule has 2 aromatic carbocycles. The predicted molar refractivity (Wildman–Crippen MR) is 91.5 cm³/mol. The number of carbonyl (C=O) groups excluding carboxylic acids is 1. The minimum atomic E-state index is -0.201. The molecule has 6 nitrogen and oxygen atoms in total. The van der Waals surface area contributed by atoms with Crippen molar-refractivity contribution in [3.63, 3.8) is 0 Å². The van der Waals surface area contributed by atoms with Gasteiger partial charge in [-0.3, -0.25) is 4.79 Å². The molecule has 1 amide bonds. The Morgan fingerprint density at radius 1 is 1.04 bits per heavy atom. The summed E-state index contributed by atoms with van der Waals surface area (Å²) in [7, 11) is 3.12. The van der Waals surface area contributed by atoms with Gasteiger partial charge in [0.05, 0.1) is 14.2 Å². The van der Waals surface area contributed by atoms with E-state index in [1.54, 1.807) is 56.9 Å². The van der Waals surface area contributed by atoms with Crippen LogP contribution in [0.15, 0.2) is 54.9 Å². The molecule has 1 heterocycles. The predicted octanol–water partition coefficient (Wildman–Crippen LogP) is 3.35. The van der Waals surface area contributed by atoms with Gasteiger partial charge in [0.2, 0.25) is 0 Å². The van der Waals surface area contributed by atoms with Crippen molar-refractivity contribution in [3.05, 3.63) is 60.4 Å². The van der Waals surface area contributed by atoms with Gasteiger partial charge in [-0.1, -0.05) is 12.1 Å². The van der Waals surface area contributed by atoms with Crippen molar-refractivity contribution >= 4 is 11.6 Å². The van der Waals surface area contributed by atoms with Crippen LogP contribution in [0.5, 0.6) is 11.5 Å². The summed E-state index contributed by atoms with van der Waals surface area (Å²) in [5, 5.41) is 2.84. The fraction of sp³-hybridized carbons (Fsp3) is 0.111. The number of methoxy groups -OCH3 is 2. The lowest BCUT2D eigenvalue weighted by Gasteiger charge is -2.10. The maximum Gasteiger partial charge on any atom is 0.255 e. The number of amides is 1. The lowest BCUT2D eigenvalue weighted by atomic mass is 10.1. The van der Waals surface area contributed by atoms with E-state index in [9.17, 15) is 4.79 Å². The van der Waals surface area contributed by atoms with Gasteiger partial charge in [-0.25, -0.2) is 4.98 Å². The highest BCUT2D eigenvalue weighted by Crippen LogP contribution is 2.30. The van der Waals surface area contributed by atoms with Crippen LogP contribution in [0.25, 0.3) is 11.4 Å². The molecule has 1 aromatic heterocycles. The van der Waals surface area contributed by atoms with E-state index in [4.69, 9.17) is 9.47 Å². The number of nitrogens with one attached hydrogen (secondary N) is 2. The molecule has 0 atom stereocenters. The molecule has 3 aromatic rings. The lowest BCUT2D eigenvalue weighted by Crippen LogP contribution is -2.11. The summed E-state index contributed by atoms with van der Waals surface area (Å²) in [6, 6.07) is 12.4. The summed E-state index contributed by atoms with van der Waals surface area (Å²) >= 11 is 0. The molecule has 0 aliphatic carbocycles. The van der Waals surface area contributed by atoms with Crippen LogP contribution < -0.4 is 14.8 Å². The number of aromatic nitrogens is 2. The Hall–Kier alpha value is -3.28. The maximum atomic E-state index is 12.4. The van der Waals surface area contributed by atoms with Gasteiger partial charge < -0.3 is 19.8 Å². The van der Waals surface area contributed by atoms with Crippen LogP contribution in [-0.2, 0) is 0 Å². The second-order valence-corrected chi connectivity index (χ2v) is 5.04. The monoisotopic (exact) mass is 323 g/mol. The van der Waals surface area contributed by atoms with Gasteiger partial charge in [-0.2, -0.15) is 0 Å². The van der Waals surface area contributed by atoms with Crippen molar-refractivity contribution in [1.29, 1.82) is 0 Å². The Balaban J connectivity index is 1.75. The van der Waals surface area contributed by atoms with E-state index in [0.717, 1.165) is 11.4 Å². The Bertz CT molecular complexity index is 827. The Labute approximate surface area is 139 Å². The van der Waals surface area contributed by atoms with Crippen LogP contribution in [0.4, 0.5) is 5.69 Å². The van der Waals surface area contributed by atoms with E-state index in [1.807, 2.05) is 12.1 Å². The number of ether oxygens (including phenoxy) is 2. The molecular formula is C18H17N3O3. The number of rotatable bonds is 5. The molecule has 24 heavy (non-hydrogen) atoms. The molecular weight excluding hydrogens is 306 g/mol. The number of hydrogen-bond donors (Lipinski definition) is 2. The molecule has 122 valence electrons. The molecule has 0 fully saturated rings. The number of benzene rings is 2. The molecule has 0 saturated carbocycles. The maximum absolute atomic E-state index is 12.4. The smallest absolute Gasteiger partial charge is 0.255 e. The summed E-state index contributed by atoms with van der Waals surface area (Å²) in [5.41, 5.74) is 2.11. The van der Waals surface area contributed by atoms with Crippen molar-refractivity contribution in [1.82, 2.24) is 9.97 Å². The third-order valence-corrected chi connectivity index (χ3v) is 3.56. The average molecular weight is 323 g/mol. The summed E-state index contributed by atoms with van der Waals surface area (Å²) in [4.78, 5) is 19.6. The number of anilines is 1. The summed E-state index contributed by atoms with van der Waals surface area (Å²) in [6.07, 6.45) is 3.44. The van der Waals surface area contributed by atoms with Gasteiger partial charge in [-0.15, -0.1) is 0 Å². The largest absolute Gasteiger partial charge is 0.493 e. The van der Waals surface area contributed by atoms with Crippen molar-refractivity contribution < 1.29 is 14.3 Å².